The predicted octanol–water partition coefficient (Wildman–Crippen LogP) is -1.41. The van der Waals surface area contributed by atoms with Gasteiger partial charge < -0.3 is 61.1 Å². The van der Waals surface area contributed by atoms with Crippen LogP contribution in [-0.4, -0.2) is 84.4 Å². The normalized spacial score (nSPS) is 25.6. The van der Waals surface area contributed by atoms with Crippen LogP contribution in [0, 0.1) is 0 Å². The van der Waals surface area contributed by atoms with Gasteiger partial charge in [-0.05, 0) is 36.6 Å². The first-order valence-electron chi connectivity index (χ1n) is 11.9. The minimum Gasteiger partial charge on any atom is -0.508 e. The molecule has 1 aliphatic heterocycles. The molecule has 5 atom stereocenters. The third-order valence-electron chi connectivity index (χ3n) is 7.02. The zero-order chi connectivity index (χ0) is 29.1. The Hall–Kier alpha value is -4.57. The first-order valence-corrected chi connectivity index (χ1v) is 11.9. The third kappa shape index (κ3) is 4.21. The molecule has 1 aromatic heterocycles. The largest absolute Gasteiger partial charge is 0.508 e. The number of aliphatic imine (C=N–C) groups is 1. The summed E-state index contributed by atoms with van der Waals surface area (Å²) in [6.07, 6.45) is -7.95. The number of aliphatic carboxylic acids is 1. The standard InChI is InChI=1S/C25H25N3O12/c26-24(27)28-7-25(37)20(33)19(22(35)36)40-23(21(25)34)39-13-6-12-14(17(32)16(13)31)15(30)11-3-1-8-5-9(29)2-4-10(8)18(11)38-12/h2,4-6,19-21,23,29,31-34,37H,1,3,7H2,(H,35,36)(H4,26,27,28)/t19-,20+,21-,23+,25-/m0/s1. The van der Waals surface area contributed by atoms with E-state index in [0.29, 0.717) is 17.5 Å². The van der Waals surface area contributed by atoms with Crippen molar-refractivity contribution < 1.29 is 54.4 Å². The van der Waals surface area contributed by atoms with Crippen LogP contribution in [0.2, 0.25) is 0 Å². The Labute approximate surface area is 223 Å². The Balaban J connectivity index is 1.60. The third-order valence-corrected chi connectivity index (χ3v) is 7.02. The summed E-state index contributed by atoms with van der Waals surface area (Å²) < 4.78 is 16.6. The first kappa shape index (κ1) is 27.0. The van der Waals surface area contributed by atoms with Gasteiger partial charge in [-0.1, -0.05) is 0 Å². The number of fused-ring (bicyclic) bond motifs is 4. The van der Waals surface area contributed by atoms with E-state index in [0.717, 1.165) is 6.07 Å². The van der Waals surface area contributed by atoms with Crippen LogP contribution < -0.4 is 21.6 Å². The Kier molecular flexibility index (Phi) is 6.46. The van der Waals surface area contributed by atoms with Crippen LogP contribution in [0.5, 0.6) is 23.0 Å². The zero-order valence-corrected chi connectivity index (χ0v) is 20.5. The highest BCUT2D eigenvalue weighted by molar-refractivity contribution is 5.91. The van der Waals surface area contributed by atoms with Crippen LogP contribution >= 0.6 is 0 Å². The van der Waals surface area contributed by atoms with Crippen molar-refractivity contribution in [3.63, 3.8) is 0 Å². The fourth-order valence-electron chi connectivity index (χ4n) is 4.92. The molecule has 0 radical (unpaired) electrons. The van der Waals surface area contributed by atoms with Crippen LogP contribution in [0.3, 0.4) is 0 Å². The van der Waals surface area contributed by atoms with Gasteiger partial charge in [0.1, 0.15) is 40.3 Å². The Bertz CT molecular complexity index is 1620. The Morgan fingerprint density at radius 1 is 1.10 bits per heavy atom. The summed E-state index contributed by atoms with van der Waals surface area (Å²) >= 11 is 0. The van der Waals surface area contributed by atoms with Crippen molar-refractivity contribution >= 4 is 22.9 Å². The van der Waals surface area contributed by atoms with Gasteiger partial charge in [0.25, 0.3) is 0 Å². The fraction of sp³-hybridized carbons (Fsp3) is 0.320. The second kappa shape index (κ2) is 9.56. The molecule has 2 aromatic carbocycles. The molecular formula is C25H25N3O12. The number of carbonyl (C=O) groups is 1. The first-order chi connectivity index (χ1) is 18.8. The molecule has 212 valence electrons. The number of guanidine groups is 1. The van der Waals surface area contributed by atoms with E-state index in [4.69, 9.17) is 25.4 Å². The summed E-state index contributed by atoms with van der Waals surface area (Å²) in [7, 11) is 0. The van der Waals surface area contributed by atoms with Crippen LogP contribution in [0.25, 0.3) is 22.3 Å². The molecule has 0 spiro atoms. The van der Waals surface area contributed by atoms with Gasteiger partial charge in [-0.25, -0.2) is 4.79 Å². The molecule has 2 aliphatic rings. The molecule has 3 aromatic rings. The van der Waals surface area contributed by atoms with E-state index in [2.05, 4.69) is 4.99 Å². The number of nitrogens with zero attached hydrogens (tertiary/aromatic N) is 1. The molecule has 15 nitrogen and oxygen atoms in total. The van der Waals surface area contributed by atoms with Gasteiger partial charge in [0.05, 0.1) is 6.54 Å². The highest BCUT2D eigenvalue weighted by Gasteiger charge is 2.58. The molecule has 2 heterocycles. The molecule has 15 heteroatoms. The van der Waals surface area contributed by atoms with E-state index >= 15 is 0 Å². The van der Waals surface area contributed by atoms with Gasteiger partial charge in [0.2, 0.25) is 12.0 Å². The van der Waals surface area contributed by atoms with Crippen molar-refractivity contribution in [2.24, 2.45) is 16.5 Å². The van der Waals surface area contributed by atoms with Gasteiger partial charge in [-0.15, -0.1) is 0 Å². The maximum Gasteiger partial charge on any atom is 0.335 e. The number of carboxylic acid groups (broad SMARTS) is 1. The number of aromatic hydroxyl groups is 3. The van der Waals surface area contributed by atoms with Crippen LogP contribution in [0.15, 0.2) is 38.5 Å². The van der Waals surface area contributed by atoms with Crippen molar-refractivity contribution in [2.75, 3.05) is 6.54 Å². The Morgan fingerprint density at radius 2 is 1.82 bits per heavy atom. The van der Waals surface area contributed by atoms with E-state index in [1.165, 1.54) is 12.1 Å². The van der Waals surface area contributed by atoms with Crippen molar-refractivity contribution in [1.29, 1.82) is 0 Å². The topological polar surface area (TPSA) is 272 Å². The summed E-state index contributed by atoms with van der Waals surface area (Å²) in [5.41, 5.74) is 8.46. The summed E-state index contributed by atoms with van der Waals surface area (Å²) in [6.45, 7) is -0.852. The van der Waals surface area contributed by atoms with Crippen molar-refractivity contribution in [2.45, 2.75) is 43.0 Å². The van der Waals surface area contributed by atoms with Crippen LogP contribution in [0.4, 0.5) is 0 Å². The quantitative estimate of drug-likeness (QED) is 0.0987. The molecule has 0 amide bonds. The molecule has 1 fully saturated rings. The maximum atomic E-state index is 13.3. The van der Waals surface area contributed by atoms with E-state index in [1.807, 2.05) is 0 Å². The molecule has 0 saturated carbocycles. The summed E-state index contributed by atoms with van der Waals surface area (Å²) in [5.74, 6) is -4.58. The number of carboxylic acids is 1. The molecule has 11 N–H and O–H groups in total. The van der Waals surface area contributed by atoms with Gasteiger partial charge in [0.15, 0.2) is 29.0 Å². The molecule has 0 unspecified atom stereocenters. The lowest BCUT2D eigenvalue weighted by Crippen LogP contribution is -2.70. The molecule has 40 heavy (non-hydrogen) atoms. The molecular weight excluding hydrogens is 534 g/mol. The average molecular weight is 559 g/mol. The lowest BCUT2D eigenvalue weighted by molar-refractivity contribution is -0.303. The number of aliphatic hydroxyl groups excluding tert-OH is 2. The summed E-state index contributed by atoms with van der Waals surface area (Å²) in [6, 6.07) is 5.52. The lowest BCUT2D eigenvalue weighted by Gasteiger charge is -2.45. The molecule has 1 aliphatic carbocycles. The molecule has 1 saturated heterocycles. The summed E-state index contributed by atoms with van der Waals surface area (Å²) in [4.78, 5) is 28.6. The molecule has 0 bridgehead atoms. The molecule has 5 rings (SSSR count). The predicted molar refractivity (Wildman–Crippen MR) is 135 cm³/mol. The number of benzene rings is 2. The van der Waals surface area contributed by atoms with E-state index in [1.54, 1.807) is 6.07 Å². The van der Waals surface area contributed by atoms with Gasteiger partial charge >= 0.3 is 5.97 Å². The highest BCUT2D eigenvalue weighted by Crippen LogP contribution is 2.45. The minimum atomic E-state index is -2.69. The second-order valence-electron chi connectivity index (χ2n) is 9.53. The lowest BCUT2D eigenvalue weighted by atomic mass is 9.84. The monoisotopic (exact) mass is 559 g/mol. The number of aliphatic hydroxyl groups is 3. The van der Waals surface area contributed by atoms with Gasteiger partial charge in [0, 0.05) is 17.2 Å². The highest BCUT2D eigenvalue weighted by atomic mass is 16.7. The number of hydrogen-bond donors (Lipinski definition) is 9. The fourth-order valence-corrected chi connectivity index (χ4v) is 4.92. The number of aryl methyl sites for hydroxylation is 1. The maximum absolute atomic E-state index is 13.3. The summed E-state index contributed by atoms with van der Waals surface area (Å²) in [5, 5.41) is 72.5. The minimum absolute atomic E-state index is 0.0270. The number of rotatable bonds is 5. The van der Waals surface area contributed by atoms with Crippen molar-refractivity contribution in [3.8, 4) is 34.3 Å². The zero-order valence-electron chi connectivity index (χ0n) is 20.5. The van der Waals surface area contributed by atoms with Crippen molar-refractivity contribution in [1.82, 2.24) is 0 Å². The Morgan fingerprint density at radius 3 is 2.50 bits per heavy atom. The average Bonchev–Trinajstić information content (AvgIpc) is 2.90. The van der Waals surface area contributed by atoms with Crippen LogP contribution in [0.1, 0.15) is 11.1 Å². The van der Waals surface area contributed by atoms with Crippen molar-refractivity contribution in [3.05, 3.63) is 45.6 Å². The number of hydrogen-bond acceptors (Lipinski definition) is 12. The number of phenols is 3. The second-order valence-corrected chi connectivity index (χ2v) is 9.53. The van der Waals surface area contributed by atoms with Gasteiger partial charge in [-0.2, -0.15) is 0 Å². The van der Waals surface area contributed by atoms with E-state index in [9.17, 15) is 45.3 Å². The van der Waals surface area contributed by atoms with Crippen LogP contribution in [-0.2, 0) is 22.4 Å². The number of phenolic OH excluding ortho intramolecular Hbond substituents is 3. The van der Waals surface area contributed by atoms with Gasteiger partial charge in [-0.3, -0.25) is 9.79 Å². The smallest absolute Gasteiger partial charge is 0.335 e. The van der Waals surface area contributed by atoms with E-state index < -0.39 is 71.4 Å². The number of nitrogens with two attached hydrogens (primary N) is 2. The number of ether oxygens (including phenoxy) is 2. The van der Waals surface area contributed by atoms with E-state index in [-0.39, 0.29) is 34.5 Å². The SMILES string of the molecule is NC(N)=NC[C@]1(O)[C@H](O)[C@@H](C(=O)O)O[C@@H](Oc2cc3oc4c(c(=O)c3c(O)c2O)CCc2cc(O)ccc2-4)[C@@H]1O.